The van der Waals surface area contributed by atoms with Crippen LogP contribution in [0, 0.1) is 12.8 Å². The standard InChI is InChI=1S/C20H27N3O2/c1-14-17(10-18(22(14)4)15-8-6-5-7-9-15)20(25)23-11-16(13-24)19(12-23)21(2)3/h5-10,16,19,24H,11-13H2,1-4H3/t16-,19+/m0/s1. The van der Waals surface area contributed by atoms with Gasteiger partial charge in [-0.3, -0.25) is 4.79 Å². The largest absolute Gasteiger partial charge is 0.396 e. The van der Waals surface area contributed by atoms with Gasteiger partial charge in [0.05, 0.1) is 5.56 Å². The second-order valence-corrected chi connectivity index (χ2v) is 7.14. The maximum absolute atomic E-state index is 13.1. The van der Waals surface area contributed by atoms with Gasteiger partial charge < -0.3 is 19.5 Å². The van der Waals surface area contributed by atoms with E-state index in [1.807, 2.05) is 57.2 Å². The third-order valence-corrected chi connectivity index (χ3v) is 5.43. The molecule has 2 heterocycles. The monoisotopic (exact) mass is 341 g/mol. The van der Waals surface area contributed by atoms with Crippen LogP contribution in [0.15, 0.2) is 36.4 Å². The summed E-state index contributed by atoms with van der Waals surface area (Å²) in [7, 11) is 6.00. The van der Waals surface area contributed by atoms with Gasteiger partial charge in [-0.25, -0.2) is 0 Å². The van der Waals surface area contributed by atoms with Crippen molar-refractivity contribution in [1.82, 2.24) is 14.4 Å². The average Bonchev–Trinajstić information content (AvgIpc) is 3.18. The lowest BCUT2D eigenvalue weighted by Crippen LogP contribution is -2.37. The highest BCUT2D eigenvalue weighted by atomic mass is 16.3. The molecular formula is C20H27N3O2. The maximum Gasteiger partial charge on any atom is 0.255 e. The summed E-state index contributed by atoms with van der Waals surface area (Å²) in [5.74, 6) is 0.162. The van der Waals surface area contributed by atoms with Gasteiger partial charge in [-0.15, -0.1) is 0 Å². The van der Waals surface area contributed by atoms with E-state index in [1.165, 1.54) is 0 Å². The molecule has 0 saturated carbocycles. The predicted octanol–water partition coefficient (Wildman–Crippen LogP) is 2.00. The second-order valence-electron chi connectivity index (χ2n) is 7.14. The first kappa shape index (κ1) is 17.7. The molecule has 1 aliphatic rings. The van der Waals surface area contributed by atoms with Gasteiger partial charge in [-0.1, -0.05) is 30.3 Å². The van der Waals surface area contributed by atoms with Gasteiger partial charge in [0.1, 0.15) is 0 Å². The van der Waals surface area contributed by atoms with Crippen LogP contribution < -0.4 is 0 Å². The number of aliphatic hydroxyl groups excluding tert-OH is 1. The normalized spacial score (nSPS) is 20.5. The Morgan fingerprint density at radius 2 is 1.92 bits per heavy atom. The zero-order chi connectivity index (χ0) is 18.1. The molecule has 25 heavy (non-hydrogen) atoms. The van der Waals surface area contributed by atoms with Crippen LogP contribution in [-0.2, 0) is 7.05 Å². The quantitative estimate of drug-likeness (QED) is 0.925. The summed E-state index contributed by atoms with van der Waals surface area (Å²) in [5, 5.41) is 9.64. The Morgan fingerprint density at radius 3 is 2.48 bits per heavy atom. The van der Waals surface area contributed by atoms with E-state index in [1.54, 1.807) is 0 Å². The molecule has 5 heteroatoms. The minimum Gasteiger partial charge on any atom is -0.396 e. The molecule has 5 nitrogen and oxygen atoms in total. The van der Waals surface area contributed by atoms with E-state index in [0.717, 1.165) is 22.5 Å². The molecule has 1 N–H and O–H groups in total. The zero-order valence-corrected chi connectivity index (χ0v) is 15.4. The molecule has 1 aliphatic heterocycles. The molecule has 1 aromatic heterocycles. The molecule has 0 radical (unpaired) electrons. The lowest BCUT2D eigenvalue weighted by molar-refractivity contribution is 0.0778. The number of amides is 1. The van der Waals surface area contributed by atoms with Crippen molar-refractivity contribution in [2.45, 2.75) is 13.0 Å². The number of hydrogen-bond acceptors (Lipinski definition) is 3. The van der Waals surface area contributed by atoms with Crippen LogP contribution in [0.3, 0.4) is 0 Å². The Bertz CT molecular complexity index is 752. The SMILES string of the molecule is Cc1c(C(=O)N2C[C@@H](CO)[C@H](N(C)C)C2)cc(-c2ccccc2)n1C. The smallest absolute Gasteiger partial charge is 0.255 e. The Balaban J connectivity index is 1.89. The summed E-state index contributed by atoms with van der Waals surface area (Å²) >= 11 is 0. The van der Waals surface area contributed by atoms with Crippen molar-refractivity contribution in [2.24, 2.45) is 13.0 Å². The average molecular weight is 341 g/mol. The molecule has 0 aliphatic carbocycles. The summed E-state index contributed by atoms with van der Waals surface area (Å²) in [6.07, 6.45) is 0. The van der Waals surface area contributed by atoms with E-state index in [9.17, 15) is 9.90 Å². The van der Waals surface area contributed by atoms with Gasteiger partial charge in [0.15, 0.2) is 0 Å². The van der Waals surface area contributed by atoms with Crippen LogP contribution >= 0.6 is 0 Å². The summed E-state index contributed by atoms with van der Waals surface area (Å²) < 4.78 is 2.07. The van der Waals surface area contributed by atoms with Gasteiger partial charge in [0.2, 0.25) is 0 Å². The van der Waals surface area contributed by atoms with E-state index < -0.39 is 0 Å². The minimum absolute atomic E-state index is 0.0538. The summed E-state index contributed by atoms with van der Waals surface area (Å²) in [6, 6.07) is 12.3. The van der Waals surface area contributed by atoms with Gasteiger partial charge >= 0.3 is 0 Å². The fraction of sp³-hybridized carbons (Fsp3) is 0.450. The summed E-state index contributed by atoms with van der Waals surface area (Å²) in [6.45, 7) is 3.36. The topological polar surface area (TPSA) is 48.7 Å². The van der Waals surface area contributed by atoms with Gasteiger partial charge in [0.25, 0.3) is 5.91 Å². The Morgan fingerprint density at radius 1 is 1.24 bits per heavy atom. The van der Waals surface area contributed by atoms with E-state index in [4.69, 9.17) is 0 Å². The molecule has 1 fully saturated rings. The summed E-state index contributed by atoms with van der Waals surface area (Å²) in [4.78, 5) is 17.1. The Labute approximate surface area is 149 Å². The molecule has 2 atom stereocenters. The fourth-order valence-corrected chi connectivity index (χ4v) is 3.76. The molecular weight excluding hydrogens is 314 g/mol. The van der Waals surface area contributed by atoms with E-state index in [-0.39, 0.29) is 24.5 Å². The van der Waals surface area contributed by atoms with Crippen LogP contribution in [0.2, 0.25) is 0 Å². The highest BCUT2D eigenvalue weighted by molar-refractivity contribution is 5.97. The van der Waals surface area contributed by atoms with Crippen molar-refractivity contribution in [1.29, 1.82) is 0 Å². The number of hydrogen-bond donors (Lipinski definition) is 1. The molecule has 1 amide bonds. The van der Waals surface area contributed by atoms with Crippen LogP contribution in [0.25, 0.3) is 11.3 Å². The number of nitrogens with zero attached hydrogens (tertiary/aromatic N) is 3. The van der Waals surface area contributed by atoms with Crippen molar-refractivity contribution >= 4 is 5.91 Å². The van der Waals surface area contributed by atoms with E-state index in [0.29, 0.717) is 13.1 Å². The van der Waals surface area contributed by atoms with Crippen LogP contribution in [-0.4, -0.2) is 65.2 Å². The predicted molar refractivity (Wildman–Crippen MR) is 99.5 cm³/mol. The van der Waals surface area contributed by atoms with Crippen molar-refractivity contribution in [3.63, 3.8) is 0 Å². The lowest BCUT2D eigenvalue weighted by atomic mass is 10.0. The molecule has 2 aromatic rings. The second kappa shape index (κ2) is 7.02. The number of likely N-dealkylation sites (tertiary alicyclic amines) is 1. The first-order valence-corrected chi connectivity index (χ1v) is 8.72. The maximum atomic E-state index is 13.1. The van der Waals surface area contributed by atoms with Crippen LogP contribution in [0.5, 0.6) is 0 Å². The highest BCUT2D eigenvalue weighted by Crippen LogP contribution is 2.28. The first-order valence-electron chi connectivity index (χ1n) is 8.72. The number of likely N-dealkylation sites (N-methyl/N-ethyl adjacent to an activating group) is 1. The lowest BCUT2D eigenvalue weighted by Gasteiger charge is -2.23. The zero-order valence-electron chi connectivity index (χ0n) is 15.4. The number of benzene rings is 1. The molecule has 0 unspecified atom stereocenters. The van der Waals surface area contributed by atoms with Crippen LogP contribution in [0.4, 0.5) is 0 Å². The molecule has 0 bridgehead atoms. The summed E-state index contributed by atoms with van der Waals surface area (Å²) in [5.41, 5.74) is 3.87. The van der Waals surface area contributed by atoms with Crippen molar-refractivity contribution in [2.75, 3.05) is 33.8 Å². The minimum atomic E-state index is 0.0538. The number of aromatic nitrogens is 1. The molecule has 1 aromatic carbocycles. The fourth-order valence-electron chi connectivity index (χ4n) is 3.76. The third-order valence-electron chi connectivity index (χ3n) is 5.43. The van der Waals surface area contributed by atoms with Crippen LogP contribution in [0.1, 0.15) is 16.1 Å². The first-order chi connectivity index (χ1) is 11.9. The Kier molecular flexibility index (Phi) is 4.97. The van der Waals surface area contributed by atoms with Gasteiger partial charge in [0, 0.05) is 50.1 Å². The third kappa shape index (κ3) is 3.22. The van der Waals surface area contributed by atoms with Gasteiger partial charge in [-0.2, -0.15) is 0 Å². The van der Waals surface area contributed by atoms with Crippen molar-refractivity contribution < 1.29 is 9.90 Å². The Hall–Kier alpha value is -2.11. The highest BCUT2D eigenvalue weighted by Gasteiger charge is 2.37. The molecule has 134 valence electrons. The molecule has 1 saturated heterocycles. The number of aliphatic hydroxyl groups is 1. The number of rotatable bonds is 4. The van der Waals surface area contributed by atoms with E-state index in [2.05, 4.69) is 21.6 Å². The number of carbonyl (C=O) groups excluding carboxylic acids is 1. The van der Waals surface area contributed by atoms with Crippen molar-refractivity contribution in [3.8, 4) is 11.3 Å². The molecule has 0 spiro atoms. The van der Waals surface area contributed by atoms with Gasteiger partial charge in [-0.05, 0) is 32.6 Å². The number of carbonyl (C=O) groups is 1. The van der Waals surface area contributed by atoms with Crippen molar-refractivity contribution in [3.05, 3.63) is 47.7 Å². The molecule has 3 rings (SSSR count). The van der Waals surface area contributed by atoms with E-state index >= 15 is 0 Å².